The molecule has 0 aromatic heterocycles. The lowest BCUT2D eigenvalue weighted by Gasteiger charge is -2.33. The minimum Gasteiger partial charge on any atom is -0.352 e. The number of benzene rings is 3. The average molecular weight is 497 g/mol. The first-order valence-corrected chi connectivity index (χ1v) is 13.8. The van der Waals surface area contributed by atoms with Gasteiger partial charge in [-0.2, -0.15) is 0 Å². The predicted molar refractivity (Wildman–Crippen MR) is 150 cm³/mol. The lowest BCUT2D eigenvalue weighted by molar-refractivity contribution is -0.141. The number of amides is 2. The van der Waals surface area contributed by atoms with Gasteiger partial charge in [-0.15, -0.1) is 0 Å². The zero-order valence-electron chi connectivity index (χ0n) is 22.3. The fourth-order valence-corrected chi connectivity index (χ4v) is 5.23. The van der Waals surface area contributed by atoms with E-state index in [1.165, 1.54) is 5.56 Å². The van der Waals surface area contributed by atoms with Crippen LogP contribution in [-0.4, -0.2) is 28.8 Å². The van der Waals surface area contributed by atoms with E-state index < -0.39 is 6.04 Å². The van der Waals surface area contributed by atoms with Crippen LogP contribution in [0, 0.1) is 6.92 Å². The highest BCUT2D eigenvalue weighted by Crippen LogP contribution is 2.21. The van der Waals surface area contributed by atoms with E-state index in [9.17, 15) is 9.59 Å². The largest absolute Gasteiger partial charge is 0.352 e. The molecule has 4 heteroatoms. The molecule has 3 aromatic rings. The van der Waals surface area contributed by atoms with Crippen LogP contribution in [0.5, 0.6) is 0 Å². The number of hydrogen-bond acceptors (Lipinski definition) is 2. The molecule has 0 radical (unpaired) electrons. The van der Waals surface area contributed by atoms with Gasteiger partial charge in [-0.1, -0.05) is 98.6 Å². The Morgan fingerprint density at radius 3 is 2.19 bits per heavy atom. The van der Waals surface area contributed by atoms with Gasteiger partial charge in [0.05, 0.1) is 0 Å². The summed E-state index contributed by atoms with van der Waals surface area (Å²) in [6.45, 7) is 4.64. The second-order valence-electron chi connectivity index (χ2n) is 10.3. The third-order valence-corrected chi connectivity index (χ3v) is 7.63. The van der Waals surface area contributed by atoms with Crippen molar-refractivity contribution in [2.24, 2.45) is 0 Å². The van der Waals surface area contributed by atoms with Gasteiger partial charge >= 0.3 is 0 Å². The van der Waals surface area contributed by atoms with Gasteiger partial charge in [-0.25, -0.2) is 0 Å². The first kappa shape index (κ1) is 26.7. The van der Waals surface area contributed by atoms with Crippen molar-refractivity contribution in [1.29, 1.82) is 0 Å². The Labute approximate surface area is 222 Å². The monoisotopic (exact) mass is 496 g/mol. The van der Waals surface area contributed by atoms with Crippen molar-refractivity contribution in [3.05, 3.63) is 107 Å². The Balaban J connectivity index is 1.60. The number of carbonyl (C=O) groups excluding carboxylic acids is 2. The van der Waals surface area contributed by atoms with Crippen LogP contribution in [0.1, 0.15) is 66.8 Å². The summed E-state index contributed by atoms with van der Waals surface area (Å²) < 4.78 is 0. The molecule has 0 unspecified atom stereocenters. The molecule has 1 saturated carbocycles. The molecule has 3 aromatic carbocycles. The smallest absolute Gasteiger partial charge is 0.243 e. The van der Waals surface area contributed by atoms with Gasteiger partial charge in [0.1, 0.15) is 6.04 Å². The number of carbonyl (C=O) groups is 2. The van der Waals surface area contributed by atoms with Crippen LogP contribution in [-0.2, 0) is 35.4 Å². The molecule has 4 rings (SSSR count). The second kappa shape index (κ2) is 13.2. The van der Waals surface area contributed by atoms with E-state index in [2.05, 4.69) is 55.6 Å². The lowest BCUT2D eigenvalue weighted by atomic mass is 9.99. The van der Waals surface area contributed by atoms with Crippen molar-refractivity contribution >= 4 is 11.8 Å². The Hall–Kier alpha value is -3.40. The Kier molecular flexibility index (Phi) is 9.53. The zero-order chi connectivity index (χ0) is 26.0. The lowest BCUT2D eigenvalue weighted by Crippen LogP contribution is -2.52. The summed E-state index contributed by atoms with van der Waals surface area (Å²) in [5.41, 5.74) is 5.71. The summed E-state index contributed by atoms with van der Waals surface area (Å²) in [4.78, 5) is 29.5. The van der Waals surface area contributed by atoms with Crippen LogP contribution in [0.4, 0.5) is 0 Å². The van der Waals surface area contributed by atoms with Crippen molar-refractivity contribution in [3.8, 4) is 0 Å². The molecule has 194 valence electrons. The van der Waals surface area contributed by atoms with Gasteiger partial charge < -0.3 is 10.2 Å². The van der Waals surface area contributed by atoms with Gasteiger partial charge in [-0.05, 0) is 60.4 Å². The first-order valence-electron chi connectivity index (χ1n) is 13.8. The van der Waals surface area contributed by atoms with Crippen LogP contribution >= 0.6 is 0 Å². The SMILES string of the molecule is CCc1ccc(CCC(=O)N(Cc2ccccc2C)[C@@H](Cc2ccccc2)C(=O)NC2CCCC2)cc1. The molecule has 0 spiro atoms. The summed E-state index contributed by atoms with van der Waals surface area (Å²) in [6, 6.07) is 26.4. The molecule has 1 aliphatic carbocycles. The second-order valence-corrected chi connectivity index (χ2v) is 10.3. The quantitative estimate of drug-likeness (QED) is 0.344. The summed E-state index contributed by atoms with van der Waals surface area (Å²) in [5, 5.41) is 3.29. The van der Waals surface area contributed by atoms with Crippen molar-refractivity contribution in [2.75, 3.05) is 0 Å². The fourth-order valence-electron chi connectivity index (χ4n) is 5.23. The van der Waals surface area contributed by atoms with Gasteiger partial charge in [-0.3, -0.25) is 9.59 Å². The maximum Gasteiger partial charge on any atom is 0.243 e. The fraction of sp³-hybridized carbons (Fsp3) is 0.394. The highest BCUT2D eigenvalue weighted by Gasteiger charge is 2.32. The summed E-state index contributed by atoms with van der Waals surface area (Å²) >= 11 is 0. The molecule has 4 nitrogen and oxygen atoms in total. The Bertz CT molecular complexity index is 1150. The van der Waals surface area contributed by atoms with E-state index in [0.717, 1.165) is 54.4 Å². The molecular weight excluding hydrogens is 456 g/mol. The van der Waals surface area contributed by atoms with Crippen LogP contribution < -0.4 is 5.32 Å². The van der Waals surface area contributed by atoms with Gasteiger partial charge in [0, 0.05) is 25.4 Å². The van der Waals surface area contributed by atoms with Crippen molar-refractivity contribution in [3.63, 3.8) is 0 Å². The third-order valence-electron chi connectivity index (χ3n) is 7.63. The zero-order valence-corrected chi connectivity index (χ0v) is 22.3. The molecule has 0 bridgehead atoms. The van der Waals surface area contributed by atoms with Crippen LogP contribution in [0.15, 0.2) is 78.9 Å². The van der Waals surface area contributed by atoms with E-state index in [4.69, 9.17) is 0 Å². The third kappa shape index (κ3) is 7.55. The summed E-state index contributed by atoms with van der Waals surface area (Å²) in [5.74, 6) is -0.0182. The minimum absolute atomic E-state index is 0.0188. The normalized spacial score (nSPS) is 14.3. The molecule has 2 amide bonds. The van der Waals surface area contributed by atoms with Crippen LogP contribution in [0.2, 0.25) is 0 Å². The van der Waals surface area contributed by atoms with Crippen LogP contribution in [0.3, 0.4) is 0 Å². The number of nitrogens with zero attached hydrogens (tertiary/aromatic N) is 1. The van der Waals surface area contributed by atoms with Gasteiger partial charge in [0.2, 0.25) is 11.8 Å². The molecule has 1 aliphatic rings. The molecule has 1 atom stereocenters. The van der Waals surface area contributed by atoms with E-state index in [1.807, 2.05) is 47.4 Å². The van der Waals surface area contributed by atoms with E-state index in [1.54, 1.807) is 0 Å². The summed E-state index contributed by atoms with van der Waals surface area (Å²) in [6.07, 6.45) is 6.87. The maximum atomic E-state index is 13.9. The number of hydrogen-bond donors (Lipinski definition) is 1. The van der Waals surface area contributed by atoms with Crippen molar-refractivity contribution < 1.29 is 9.59 Å². The van der Waals surface area contributed by atoms with Crippen LogP contribution in [0.25, 0.3) is 0 Å². The Morgan fingerprint density at radius 2 is 1.51 bits per heavy atom. The maximum absolute atomic E-state index is 13.9. The molecule has 0 saturated heterocycles. The topological polar surface area (TPSA) is 49.4 Å². The molecule has 0 heterocycles. The standard InChI is InChI=1S/C33H40N2O2/c1-3-26-17-19-27(20-18-26)21-22-32(36)35(24-29-14-8-7-11-25(29)2)31(23-28-12-5-4-6-13-28)33(37)34-30-15-9-10-16-30/h4-8,11-14,17-20,30-31H,3,9-10,15-16,21-24H2,1-2H3,(H,34,37)/t31-/m0/s1. The summed E-state index contributed by atoms with van der Waals surface area (Å²) in [7, 11) is 0. The molecule has 0 aliphatic heterocycles. The van der Waals surface area contributed by atoms with E-state index in [-0.39, 0.29) is 17.9 Å². The highest BCUT2D eigenvalue weighted by atomic mass is 16.2. The Morgan fingerprint density at radius 1 is 0.865 bits per heavy atom. The highest BCUT2D eigenvalue weighted by molar-refractivity contribution is 5.88. The van der Waals surface area contributed by atoms with E-state index in [0.29, 0.717) is 25.8 Å². The number of nitrogens with one attached hydrogen (secondary N) is 1. The molecule has 1 fully saturated rings. The molecule has 1 N–H and O–H groups in total. The van der Waals surface area contributed by atoms with Gasteiger partial charge in [0.25, 0.3) is 0 Å². The first-order chi connectivity index (χ1) is 18.0. The van der Waals surface area contributed by atoms with Crippen molar-refractivity contribution in [1.82, 2.24) is 10.2 Å². The van der Waals surface area contributed by atoms with Gasteiger partial charge in [0.15, 0.2) is 0 Å². The van der Waals surface area contributed by atoms with Crippen molar-refractivity contribution in [2.45, 2.75) is 83.8 Å². The van der Waals surface area contributed by atoms with E-state index >= 15 is 0 Å². The number of aryl methyl sites for hydroxylation is 3. The molecular formula is C33H40N2O2. The minimum atomic E-state index is -0.558. The average Bonchev–Trinajstić information content (AvgIpc) is 3.44. The number of rotatable bonds is 11. The molecule has 37 heavy (non-hydrogen) atoms. The predicted octanol–water partition coefficient (Wildman–Crippen LogP) is 6.19.